The Morgan fingerprint density at radius 2 is 1.96 bits per heavy atom. The zero-order valence-corrected chi connectivity index (χ0v) is 14.6. The maximum atomic E-state index is 11.9. The Morgan fingerprint density at radius 1 is 1.24 bits per heavy atom. The molecule has 0 radical (unpaired) electrons. The standard InChI is InChI=1S/C16H13BrN2O6/c1-24-16(21)10-6-7-14(13(8-10)19(22)23)25-9-15(20)18-12-5-3-2-4-11(12)17/h2-8H,9H2,1H3,(H,18,20). The Morgan fingerprint density at radius 3 is 2.60 bits per heavy atom. The highest BCUT2D eigenvalue weighted by Gasteiger charge is 2.20. The van der Waals surface area contributed by atoms with Crippen molar-refractivity contribution in [3.63, 3.8) is 0 Å². The van der Waals surface area contributed by atoms with Gasteiger partial charge >= 0.3 is 11.7 Å². The minimum atomic E-state index is -0.707. The maximum Gasteiger partial charge on any atom is 0.338 e. The van der Waals surface area contributed by atoms with E-state index in [1.807, 2.05) is 0 Å². The Kier molecular flexibility index (Phi) is 6.07. The van der Waals surface area contributed by atoms with Crippen LogP contribution in [0.5, 0.6) is 5.75 Å². The van der Waals surface area contributed by atoms with Gasteiger partial charge in [0, 0.05) is 10.5 Å². The van der Waals surface area contributed by atoms with Crippen LogP contribution in [0.3, 0.4) is 0 Å². The van der Waals surface area contributed by atoms with Gasteiger partial charge in [-0.25, -0.2) is 4.79 Å². The molecular weight excluding hydrogens is 396 g/mol. The van der Waals surface area contributed by atoms with Crippen molar-refractivity contribution >= 4 is 39.2 Å². The van der Waals surface area contributed by atoms with E-state index in [1.54, 1.807) is 24.3 Å². The topological polar surface area (TPSA) is 108 Å². The van der Waals surface area contributed by atoms with E-state index < -0.39 is 29.1 Å². The summed E-state index contributed by atoms with van der Waals surface area (Å²) < 4.78 is 10.4. The molecule has 0 aliphatic heterocycles. The summed E-state index contributed by atoms with van der Waals surface area (Å²) in [5.74, 6) is -1.32. The monoisotopic (exact) mass is 408 g/mol. The highest BCUT2D eigenvalue weighted by molar-refractivity contribution is 9.10. The fourth-order valence-electron chi connectivity index (χ4n) is 1.92. The van der Waals surface area contributed by atoms with E-state index in [0.717, 1.165) is 6.07 Å². The predicted molar refractivity (Wildman–Crippen MR) is 92.7 cm³/mol. The summed E-state index contributed by atoms with van der Waals surface area (Å²) in [5, 5.41) is 13.7. The number of benzene rings is 2. The third kappa shape index (κ3) is 4.77. The molecule has 0 fully saturated rings. The van der Waals surface area contributed by atoms with E-state index in [-0.39, 0.29) is 11.3 Å². The fourth-order valence-corrected chi connectivity index (χ4v) is 2.30. The smallest absolute Gasteiger partial charge is 0.338 e. The number of amides is 1. The van der Waals surface area contributed by atoms with Gasteiger partial charge < -0.3 is 14.8 Å². The molecule has 0 spiro atoms. The molecule has 25 heavy (non-hydrogen) atoms. The van der Waals surface area contributed by atoms with Gasteiger partial charge in [0.1, 0.15) is 0 Å². The second-order valence-corrected chi connectivity index (χ2v) is 5.60. The first-order chi connectivity index (χ1) is 11.9. The zero-order chi connectivity index (χ0) is 18.4. The average molecular weight is 409 g/mol. The number of carbonyl (C=O) groups is 2. The van der Waals surface area contributed by atoms with Crippen LogP contribution in [-0.2, 0) is 9.53 Å². The van der Waals surface area contributed by atoms with Crippen LogP contribution in [0.2, 0.25) is 0 Å². The Bertz CT molecular complexity index is 824. The van der Waals surface area contributed by atoms with E-state index in [4.69, 9.17) is 4.74 Å². The first-order valence-corrected chi connectivity index (χ1v) is 7.75. The van der Waals surface area contributed by atoms with Crippen LogP contribution in [-0.4, -0.2) is 30.5 Å². The Labute approximate surface area is 151 Å². The molecule has 0 aromatic heterocycles. The summed E-state index contributed by atoms with van der Waals surface area (Å²) in [7, 11) is 1.17. The number of methoxy groups -OCH3 is 1. The summed E-state index contributed by atoms with van der Waals surface area (Å²) in [6.07, 6.45) is 0. The number of halogens is 1. The first kappa shape index (κ1) is 18.4. The lowest BCUT2D eigenvalue weighted by Crippen LogP contribution is -2.20. The molecule has 1 N–H and O–H groups in total. The molecule has 0 saturated heterocycles. The molecule has 8 nitrogen and oxygen atoms in total. The van der Waals surface area contributed by atoms with Crippen molar-refractivity contribution in [2.75, 3.05) is 19.0 Å². The molecule has 2 rings (SSSR count). The molecule has 2 aromatic rings. The minimum Gasteiger partial charge on any atom is -0.477 e. The predicted octanol–water partition coefficient (Wildman–Crippen LogP) is 3.16. The Balaban J connectivity index is 2.09. The van der Waals surface area contributed by atoms with Crippen LogP contribution in [0.1, 0.15) is 10.4 Å². The van der Waals surface area contributed by atoms with E-state index in [9.17, 15) is 19.7 Å². The van der Waals surface area contributed by atoms with Crippen LogP contribution in [0.25, 0.3) is 0 Å². The molecule has 130 valence electrons. The van der Waals surface area contributed by atoms with Crippen molar-refractivity contribution in [1.29, 1.82) is 0 Å². The summed E-state index contributed by atoms with van der Waals surface area (Å²) in [4.78, 5) is 33.8. The van der Waals surface area contributed by atoms with Gasteiger partial charge in [0.05, 0.1) is 23.3 Å². The number of nitrogens with zero attached hydrogens (tertiary/aromatic N) is 1. The second kappa shape index (κ2) is 8.25. The molecule has 0 unspecified atom stereocenters. The normalized spacial score (nSPS) is 10.0. The van der Waals surface area contributed by atoms with Crippen molar-refractivity contribution < 1.29 is 24.0 Å². The fraction of sp³-hybridized carbons (Fsp3) is 0.125. The number of esters is 1. The molecule has 0 atom stereocenters. The molecule has 2 aromatic carbocycles. The van der Waals surface area contributed by atoms with E-state index in [1.165, 1.54) is 19.2 Å². The van der Waals surface area contributed by atoms with Gasteiger partial charge in [-0.1, -0.05) is 12.1 Å². The molecule has 9 heteroatoms. The third-order valence-corrected chi connectivity index (χ3v) is 3.77. The molecular formula is C16H13BrN2O6. The van der Waals surface area contributed by atoms with Crippen LogP contribution < -0.4 is 10.1 Å². The van der Waals surface area contributed by atoms with Crippen molar-refractivity contribution in [1.82, 2.24) is 0 Å². The number of carbonyl (C=O) groups excluding carboxylic acids is 2. The second-order valence-electron chi connectivity index (χ2n) is 4.75. The van der Waals surface area contributed by atoms with E-state index >= 15 is 0 Å². The maximum absolute atomic E-state index is 11.9. The molecule has 0 aliphatic carbocycles. The minimum absolute atomic E-state index is 0.0132. The number of nitrogens with one attached hydrogen (secondary N) is 1. The lowest BCUT2D eigenvalue weighted by molar-refractivity contribution is -0.385. The molecule has 1 amide bonds. The number of hydrogen-bond donors (Lipinski definition) is 1. The summed E-state index contributed by atoms with van der Waals surface area (Å²) in [5.41, 5.74) is 0.127. The summed E-state index contributed by atoms with van der Waals surface area (Å²) >= 11 is 3.29. The lowest BCUT2D eigenvalue weighted by Gasteiger charge is -2.09. The summed E-state index contributed by atoms with van der Waals surface area (Å²) in [6, 6.07) is 10.6. The number of ether oxygens (including phenoxy) is 2. The third-order valence-electron chi connectivity index (χ3n) is 3.08. The van der Waals surface area contributed by atoms with Gasteiger partial charge in [-0.2, -0.15) is 0 Å². The number of nitro groups is 1. The van der Waals surface area contributed by atoms with Gasteiger partial charge in [-0.15, -0.1) is 0 Å². The van der Waals surface area contributed by atoms with E-state index in [0.29, 0.717) is 10.2 Å². The van der Waals surface area contributed by atoms with Gasteiger partial charge in [0.25, 0.3) is 5.91 Å². The lowest BCUT2D eigenvalue weighted by atomic mass is 10.2. The van der Waals surface area contributed by atoms with Gasteiger partial charge in [0.2, 0.25) is 0 Å². The van der Waals surface area contributed by atoms with Crippen molar-refractivity contribution in [2.45, 2.75) is 0 Å². The Hall–Kier alpha value is -2.94. The molecule has 0 heterocycles. The number of anilines is 1. The first-order valence-electron chi connectivity index (χ1n) is 6.96. The highest BCUT2D eigenvalue weighted by Crippen LogP contribution is 2.28. The number of hydrogen-bond acceptors (Lipinski definition) is 6. The quantitative estimate of drug-likeness (QED) is 0.446. The van der Waals surface area contributed by atoms with Crippen LogP contribution >= 0.6 is 15.9 Å². The van der Waals surface area contributed by atoms with Gasteiger partial charge in [-0.05, 0) is 40.2 Å². The SMILES string of the molecule is COC(=O)c1ccc(OCC(=O)Nc2ccccc2Br)c([N+](=O)[O-])c1. The molecule has 0 bridgehead atoms. The average Bonchev–Trinajstić information content (AvgIpc) is 2.61. The molecule has 0 aliphatic rings. The highest BCUT2D eigenvalue weighted by atomic mass is 79.9. The summed E-state index contributed by atoms with van der Waals surface area (Å²) in [6.45, 7) is -0.431. The number of para-hydroxylation sites is 1. The van der Waals surface area contributed by atoms with Gasteiger partial charge in [0.15, 0.2) is 12.4 Å². The van der Waals surface area contributed by atoms with Crippen molar-refractivity contribution in [3.8, 4) is 5.75 Å². The van der Waals surface area contributed by atoms with Crippen LogP contribution in [0, 0.1) is 10.1 Å². The largest absolute Gasteiger partial charge is 0.477 e. The van der Waals surface area contributed by atoms with E-state index in [2.05, 4.69) is 26.0 Å². The van der Waals surface area contributed by atoms with Gasteiger partial charge in [-0.3, -0.25) is 14.9 Å². The number of nitro benzene ring substituents is 1. The van der Waals surface area contributed by atoms with Crippen molar-refractivity contribution in [2.24, 2.45) is 0 Å². The van der Waals surface area contributed by atoms with Crippen LogP contribution in [0.4, 0.5) is 11.4 Å². The van der Waals surface area contributed by atoms with Crippen LogP contribution in [0.15, 0.2) is 46.9 Å². The number of rotatable bonds is 6. The van der Waals surface area contributed by atoms with Crippen molar-refractivity contribution in [3.05, 3.63) is 62.6 Å². The zero-order valence-electron chi connectivity index (χ0n) is 13.0. The molecule has 0 saturated carbocycles.